The lowest BCUT2D eigenvalue weighted by Gasteiger charge is -2.21. The Morgan fingerprint density at radius 2 is 1.48 bits per heavy atom. The van der Waals surface area contributed by atoms with Gasteiger partial charge in [0.05, 0.1) is 0 Å². The Balaban J connectivity index is 1.30. The van der Waals surface area contributed by atoms with Crippen molar-refractivity contribution in [3.8, 4) is 0 Å². The topological polar surface area (TPSA) is 19.4 Å². The lowest BCUT2D eigenvalue weighted by molar-refractivity contribution is 0.246. The summed E-state index contributed by atoms with van der Waals surface area (Å²) in [5, 5.41) is 0. The first-order chi connectivity index (χ1) is 11.3. The van der Waals surface area contributed by atoms with Crippen molar-refractivity contribution in [2.45, 2.75) is 13.1 Å². The van der Waals surface area contributed by atoms with Crippen molar-refractivity contribution >= 4 is 0 Å². The quantitative estimate of drug-likeness (QED) is 0.865. The van der Waals surface area contributed by atoms with Gasteiger partial charge in [-0.1, -0.05) is 18.2 Å². The second-order valence-corrected chi connectivity index (χ2v) is 6.90. The van der Waals surface area contributed by atoms with Gasteiger partial charge in [-0.05, 0) is 41.2 Å². The Bertz CT molecular complexity index is 629. The molecular formula is C19H22FN3. The normalized spacial score (nSPS) is 24.9. The van der Waals surface area contributed by atoms with Gasteiger partial charge in [0.2, 0.25) is 0 Å². The summed E-state index contributed by atoms with van der Waals surface area (Å²) in [5.41, 5.74) is 2.51. The van der Waals surface area contributed by atoms with Crippen molar-refractivity contribution in [2.75, 3.05) is 26.2 Å². The molecule has 1 aromatic heterocycles. The molecule has 2 fully saturated rings. The van der Waals surface area contributed by atoms with Crippen LogP contribution in [0.4, 0.5) is 4.39 Å². The van der Waals surface area contributed by atoms with E-state index >= 15 is 0 Å². The monoisotopic (exact) mass is 311 g/mol. The fourth-order valence-electron chi connectivity index (χ4n) is 4.04. The van der Waals surface area contributed by atoms with Crippen LogP contribution in [-0.4, -0.2) is 41.0 Å². The van der Waals surface area contributed by atoms with E-state index in [1.54, 1.807) is 12.1 Å². The number of aromatic nitrogens is 1. The Morgan fingerprint density at radius 3 is 2.04 bits per heavy atom. The van der Waals surface area contributed by atoms with Gasteiger partial charge in [0.25, 0.3) is 0 Å². The third kappa shape index (κ3) is 3.43. The maximum absolute atomic E-state index is 13.0. The van der Waals surface area contributed by atoms with Crippen LogP contribution in [0.2, 0.25) is 0 Å². The maximum Gasteiger partial charge on any atom is 0.123 e. The molecule has 2 aromatic rings. The summed E-state index contributed by atoms with van der Waals surface area (Å²) in [7, 11) is 0. The van der Waals surface area contributed by atoms with Crippen molar-refractivity contribution in [2.24, 2.45) is 11.8 Å². The highest BCUT2D eigenvalue weighted by atomic mass is 19.1. The molecule has 2 saturated heterocycles. The van der Waals surface area contributed by atoms with Gasteiger partial charge >= 0.3 is 0 Å². The van der Waals surface area contributed by atoms with Gasteiger partial charge in [-0.25, -0.2) is 4.39 Å². The van der Waals surface area contributed by atoms with Crippen LogP contribution in [0.15, 0.2) is 48.8 Å². The zero-order valence-electron chi connectivity index (χ0n) is 13.2. The average Bonchev–Trinajstić information content (AvgIpc) is 3.08. The summed E-state index contributed by atoms with van der Waals surface area (Å²) in [5.74, 6) is 1.39. The zero-order valence-corrected chi connectivity index (χ0v) is 13.2. The largest absolute Gasteiger partial charge is 0.298 e. The number of fused-ring (bicyclic) bond motifs is 1. The van der Waals surface area contributed by atoms with E-state index in [2.05, 4.69) is 20.9 Å². The van der Waals surface area contributed by atoms with E-state index < -0.39 is 0 Å². The van der Waals surface area contributed by atoms with Crippen LogP contribution in [0.5, 0.6) is 0 Å². The van der Waals surface area contributed by atoms with Crippen LogP contribution in [0.25, 0.3) is 0 Å². The molecule has 0 bridgehead atoms. The molecule has 4 rings (SSSR count). The second kappa shape index (κ2) is 6.38. The standard InChI is InChI=1S/C19H22FN3/c20-19-5-3-15(4-6-19)9-22-11-17-13-23(14-18(17)12-22)10-16-2-1-7-21-8-16/h1-8,17-18H,9-14H2/t17-,18+. The molecule has 120 valence electrons. The van der Waals surface area contributed by atoms with Crippen LogP contribution in [0.3, 0.4) is 0 Å². The molecule has 0 radical (unpaired) electrons. The minimum Gasteiger partial charge on any atom is -0.298 e. The van der Waals surface area contributed by atoms with Crippen LogP contribution in [0.1, 0.15) is 11.1 Å². The van der Waals surface area contributed by atoms with Crippen molar-refractivity contribution < 1.29 is 4.39 Å². The summed E-state index contributed by atoms with van der Waals surface area (Å²) in [6.45, 7) is 6.63. The lowest BCUT2D eigenvalue weighted by Crippen LogP contribution is -2.28. The number of rotatable bonds is 4. The van der Waals surface area contributed by atoms with Gasteiger partial charge in [0.1, 0.15) is 5.82 Å². The average molecular weight is 311 g/mol. The Morgan fingerprint density at radius 1 is 0.870 bits per heavy atom. The first-order valence-electron chi connectivity index (χ1n) is 8.34. The number of hydrogen-bond acceptors (Lipinski definition) is 3. The highest BCUT2D eigenvalue weighted by Crippen LogP contribution is 2.32. The summed E-state index contributed by atoms with van der Waals surface area (Å²) in [4.78, 5) is 9.28. The van der Waals surface area contributed by atoms with Gasteiger partial charge in [-0.2, -0.15) is 0 Å². The summed E-state index contributed by atoms with van der Waals surface area (Å²) in [6, 6.07) is 11.1. The molecule has 2 aliphatic heterocycles. The Kier molecular flexibility index (Phi) is 4.10. The smallest absolute Gasteiger partial charge is 0.123 e. The van der Waals surface area contributed by atoms with E-state index in [1.807, 2.05) is 30.6 Å². The minimum atomic E-state index is -0.155. The molecule has 0 unspecified atom stereocenters. The SMILES string of the molecule is Fc1ccc(CN2C[C@@H]3CN(Cc4cccnc4)C[C@@H]3C2)cc1. The molecule has 2 atom stereocenters. The number of benzene rings is 1. The first kappa shape index (κ1) is 14.8. The molecule has 23 heavy (non-hydrogen) atoms. The van der Waals surface area contributed by atoms with Gasteiger partial charge in [-0.15, -0.1) is 0 Å². The van der Waals surface area contributed by atoms with E-state index in [9.17, 15) is 4.39 Å². The molecule has 2 aliphatic rings. The van der Waals surface area contributed by atoms with Crippen molar-refractivity contribution in [1.29, 1.82) is 0 Å². The van der Waals surface area contributed by atoms with Crippen molar-refractivity contribution in [3.63, 3.8) is 0 Å². The predicted molar refractivity (Wildman–Crippen MR) is 88.2 cm³/mol. The van der Waals surface area contributed by atoms with Gasteiger partial charge in [0, 0.05) is 51.7 Å². The van der Waals surface area contributed by atoms with Crippen molar-refractivity contribution in [3.05, 3.63) is 65.7 Å². The van der Waals surface area contributed by atoms with E-state index in [0.717, 1.165) is 38.0 Å². The van der Waals surface area contributed by atoms with Gasteiger partial charge < -0.3 is 0 Å². The van der Waals surface area contributed by atoms with E-state index in [4.69, 9.17) is 0 Å². The molecule has 0 saturated carbocycles. The first-order valence-corrected chi connectivity index (χ1v) is 8.34. The number of likely N-dealkylation sites (tertiary alicyclic amines) is 2. The van der Waals surface area contributed by atoms with Crippen LogP contribution in [0, 0.1) is 17.7 Å². The van der Waals surface area contributed by atoms with E-state index in [-0.39, 0.29) is 5.82 Å². The summed E-state index contributed by atoms with van der Waals surface area (Å²) >= 11 is 0. The summed E-state index contributed by atoms with van der Waals surface area (Å²) in [6.07, 6.45) is 3.80. The number of pyridine rings is 1. The molecule has 0 N–H and O–H groups in total. The fraction of sp³-hybridized carbons (Fsp3) is 0.421. The third-order valence-corrected chi connectivity index (χ3v) is 5.09. The molecule has 1 aromatic carbocycles. The molecule has 4 heteroatoms. The molecule has 3 heterocycles. The van der Waals surface area contributed by atoms with E-state index in [0.29, 0.717) is 0 Å². The molecular weight excluding hydrogens is 289 g/mol. The fourth-order valence-corrected chi connectivity index (χ4v) is 4.04. The van der Waals surface area contributed by atoms with Gasteiger partial charge in [0.15, 0.2) is 0 Å². The second-order valence-electron chi connectivity index (χ2n) is 6.90. The lowest BCUT2D eigenvalue weighted by atomic mass is 10.0. The van der Waals surface area contributed by atoms with Crippen molar-refractivity contribution in [1.82, 2.24) is 14.8 Å². The van der Waals surface area contributed by atoms with Gasteiger partial charge in [-0.3, -0.25) is 14.8 Å². The van der Waals surface area contributed by atoms with Crippen LogP contribution >= 0.6 is 0 Å². The number of nitrogens with zero attached hydrogens (tertiary/aromatic N) is 3. The molecule has 0 amide bonds. The number of halogens is 1. The highest BCUT2D eigenvalue weighted by molar-refractivity contribution is 5.16. The zero-order chi connectivity index (χ0) is 15.6. The highest BCUT2D eigenvalue weighted by Gasteiger charge is 2.39. The minimum absolute atomic E-state index is 0.155. The molecule has 0 aliphatic carbocycles. The summed E-state index contributed by atoms with van der Waals surface area (Å²) < 4.78 is 13.0. The van der Waals surface area contributed by atoms with E-state index in [1.165, 1.54) is 24.2 Å². The van der Waals surface area contributed by atoms with Crippen LogP contribution < -0.4 is 0 Å². The Hall–Kier alpha value is -1.78. The maximum atomic E-state index is 13.0. The third-order valence-electron chi connectivity index (χ3n) is 5.09. The Labute approximate surface area is 136 Å². The number of hydrogen-bond donors (Lipinski definition) is 0. The van der Waals surface area contributed by atoms with Crippen LogP contribution in [-0.2, 0) is 13.1 Å². The molecule has 0 spiro atoms. The predicted octanol–water partition coefficient (Wildman–Crippen LogP) is 2.78. The molecule has 3 nitrogen and oxygen atoms in total.